The second kappa shape index (κ2) is 11.6. The Morgan fingerprint density at radius 3 is 2.24 bits per heavy atom. The molecule has 3 rings (SSSR count). The first-order valence-corrected chi connectivity index (χ1v) is 13.5. The van der Waals surface area contributed by atoms with Crippen LogP contribution < -0.4 is 10.1 Å². The molecule has 0 aromatic heterocycles. The van der Waals surface area contributed by atoms with Crippen LogP contribution in [-0.4, -0.2) is 80.8 Å². The molecule has 0 radical (unpaired) electrons. The molecule has 0 spiro atoms. The van der Waals surface area contributed by atoms with Crippen LogP contribution in [-0.2, 0) is 15.0 Å². The van der Waals surface area contributed by atoms with Gasteiger partial charge in [-0.25, -0.2) is 0 Å². The van der Waals surface area contributed by atoms with Crippen molar-refractivity contribution in [1.82, 2.24) is 18.8 Å². The van der Waals surface area contributed by atoms with Gasteiger partial charge in [0.15, 0.2) is 0 Å². The average Bonchev–Trinajstić information content (AvgIpc) is 2.83. The van der Waals surface area contributed by atoms with Gasteiger partial charge in [0.25, 0.3) is 10.2 Å². The molecule has 1 saturated heterocycles. The molecule has 0 bridgehead atoms. The van der Waals surface area contributed by atoms with Gasteiger partial charge in [-0.1, -0.05) is 45.2 Å². The molecule has 186 valence electrons. The maximum absolute atomic E-state index is 13.1. The molecule has 2 aliphatic rings. The highest BCUT2D eigenvalue weighted by Gasteiger charge is 2.35. The molecule has 1 amide bonds. The predicted octanol–water partition coefficient (Wildman–Crippen LogP) is 2.64. The molecule has 1 atom stereocenters. The average molecular weight is 481 g/mol. The Kier molecular flexibility index (Phi) is 9.15. The topological polar surface area (TPSA) is 82.2 Å². The van der Waals surface area contributed by atoms with Crippen molar-refractivity contribution in [3.8, 4) is 5.75 Å². The molecule has 1 aromatic rings. The minimum absolute atomic E-state index is 0.0415. The predicted molar refractivity (Wildman–Crippen MR) is 130 cm³/mol. The van der Waals surface area contributed by atoms with Crippen molar-refractivity contribution in [2.45, 2.75) is 58.0 Å². The third kappa shape index (κ3) is 6.68. The highest BCUT2D eigenvalue weighted by Crippen LogP contribution is 2.26. The van der Waals surface area contributed by atoms with Crippen LogP contribution in [0.3, 0.4) is 0 Å². The fraction of sp³-hybridized carbons (Fsp3) is 0.708. The quantitative estimate of drug-likeness (QED) is 0.588. The van der Waals surface area contributed by atoms with Crippen LogP contribution in [0.1, 0.15) is 57.6 Å². The molecule has 1 N–H and O–H groups in total. The van der Waals surface area contributed by atoms with Crippen molar-refractivity contribution in [3.63, 3.8) is 0 Å². The third-order valence-electron chi connectivity index (χ3n) is 6.94. The Hall–Kier alpha value is -1.68. The lowest BCUT2D eigenvalue weighted by Gasteiger charge is -2.38. The minimum atomic E-state index is -3.46. The van der Waals surface area contributed by atoms with E-state index in [0.29, 0.717) is 26.2 Å². The first-order chi connectivity index (χ1) is 15.7. The number of ether oxygens (including phenoxy) is 1. The van der Waals surface area contributed by atoms with Crippen LogP contribution in [0.2, 0.25) is 0 Å². The molecule has 2 fully saturated rings. The van der Waals surface area contributed by atoms with E-state index in [1.54, 1.807) is 22.8 Å². The van der Waals surface area contributed by atoms with Gasteiger partial charge in [-0.05, 0) is 36.5 Å². The summed E-state index contributed by atoms with van der Waals surface area (Å²) < 4.78 is 34.5. The van der Waals surface area contributed by atoms with E-state index in [1.807, 2.05) is 29.2 Å². The number of hydrogen-bond acceptors (Lipinski definition) is 5. The summed E-state index contributed by atoms with van der Waals surface area (Å²) in [5.74, 6) is 0.981. The molecular weight excluding hydrogens is 440 g/mol. The van der Waals surface area contributed by atoms with E-state index in [2.05, 4.69) is 19.2 Å². The van der Waals surface area contributed by atoms with Crippen LogP contribution in [0.5, 0.6) is 5.75 Å². The van der Waals surface area contributed by atoms with Crippen LogP contribution in [0.25, 0.3) is 0 Å². The van der Waals surface area contributed by atoms with Crippen molar-refractivity contribution in [1.29, 1.82) is 0 Å². The van der Waals surface area contributed by atoms with E-state index < -0.39 is 10.2 Å². The summed E-state index contributed by atoms with van der Waals surface area (Å²) in [7, 11) is -0.103. The minimum Gasteiger partial charge on any atom is -0.497 e. The monoisotopic (exact) mass is 480 g/mol. The lowest BCUT2D eigenvalue weighted by Crippen LogP contribution is -2.55. The van der Waals surface area contributed by atoms with Crippen LogP contribution >= 0.6 is 0 Å². The summed E-state index contributed by atoms with van der Waals surface area (Å²) in [5.41, 5.74) is 1.04. The lowest BCUT2D eigenvalue weighted by atomic mass is 9.96. The highest BCUT2D eigenvalue weighted by molar-refractivity contribution is 7.86. The summed E-state index contributed by atoms with van der Waals surface area (Å²) in [6, 6.07) is 7.79. The Bertz CT molecular complexity index is 861. The number of methoxy groups -OCH3 is 1. The maximum Gasteiger partial charge on any atom is 0.282 e. The van der Waals surface area contributed by atoms with Crippen molar-refractivity contribution in [2.75, 3.05) is 46.9 Å². The van der Waals surface area contributed by atoms with Gasteiger partial charge in [-0.2, -0.15) is 17.0 Å². The standard InChI is InChI=1S/C24H40N4O4S/c1-19(2)24(20-10-12-22(32-4)13-11-20)25-23(29)18-27-14-16-28(17-15-27)33(30,31)26(3)21-8-6-5-7-9-21/h10-13,19,21,24H,5-9,14-18H2,1-4H3,(H,25,29). The zero-order valence-corrected chi connectivity index (χ0v) is 21.3. The van der Waals surface area contributed by atoms with Crippen LogP contribution in [0, 0.1) is 5.92 Å². The van der Waals surface area contributed by atoms with Gasteiger partial charge in [0, 0.05) is 39.3 Å². The number of benzene rings is 1. The fourth-order valence-corrected chi connectivity index (χ4v) is 6.38. The number of nitrogens with zero attached hydrogens (tertiary/aromatic N) is 3. The second-order valence-corrected chi connectivity index (χ2v) is 11.5. The van der Waals surface area contributed by atoms with Gasteiger partial charge < -0.3 is 10.1 Å². The lowest BCUT2D eigenvalue weighted by molar-refractivity contribution is -0.123. The van der Waals surface area contributed by atoms with Gasteiger partial charge in [0.2, 0.25) is 5.91 Å². The molecule has 1 saturated carbocycles. The molecule has 9 heteroatoms. The molecule has 1 aromatic carbocycles. The Morgan fingerprint density at radius 2 is 1.70 bits per heavy atom. The Labute approximate surface area is 199 Å². The molecule has 33 heavy (non-hydrogen) atoms. The third-order valence-corrected chi connectivity index (χ3v) is 8.98. The summed E-state index contributed by atoms with van der Waals surface area (Å²) in [5, 5.41) is 3.16. The SMILES string of the molecule is COc1ccc(C(NC(=O)CN2CCN(S(=O)(=O)N(C)C3CCCCC3)CC2)C(C)C)cc1. The van der Waals surface area contributed by atoms with Crippen molar-refractivity contribution < 1.29 is 17.9 Å². The van der Waals surface area contributed by atoms with E-state index in [1.165, 1.54) is 6.42 Å². The highest BCUT2D eigenvalue weighted by atomic mass is 32.2. The number of piperazine rings is 1. The zero-order chi connectivity index (χ0) is 24.0. The first kappa shape index (κ1) is 25.9. The number of hydrogen-bond donors (Lipinski definition) is 1. The van der Waals surface area contributed by atoms with Gasteiger partial charge in [0.1, 0.15) is 5.75 Å². The molecule has 1 unspecified atom stereocenters. The normalized spacial score (nSPS) is 20.2. The van der Waals surface area contributed by atoms with E-state index in [0.717, 1.165) is 37.0 Å². The van der Waals surface area contributed by atoms with E-state index in [-0.39, 0.29) is 30.5 Å². The zero-order valence-electron chi connectivity index (χ0n) is 20.5. The largest absolute Gasteiger partial charge is 0.497 e. The van der Waals surface area contributed by atoms with Crippen molar-refractivity contribution >= 4 is 16.1 Å². The molecular formula is C24H40N4O4S. The van der Waals surface area contributed by atoms with Crippen molar-refractivity contribution in [2.24, 2.45) is 5.92 Å². The van der Waals surface area contributed by atoms with Crippen LogP contribution in [0.4, 0.5) is 0 Å². The number of carbonyl (C=O) groups excluding carboxylic acids is 1. The maximum atomic E-state index is 13.1. The summed E-state index contributed by atoms with van der Waals surface area (Å²) in [6.45, 7) is 6.38. The Balaban J connectivity index is 1.51. The summed E-state index contributed by atoms with van der Waals surface area (Å²) >= 11 is 0. The van der Waals surface area contributed by atoms with Gasteiger partial charge in [-0.15, -0.1) is 0 Å². The van der Waals surface area contributed by atoms with Gasteiger partial charge in [-0.3, -0.25) is 9.69 Å². The molecule has 1 aliphatic heterocycles. The van der Waals surface area contributed by atoms with E-state index in [4.69, 9.17) is 4.74 Å². The molecule has 1 heterocycles. The van der Waals surface area contributed by atoms with Gasteiger partial charge >= 0.3 is 0 Å². The number of amides is 1. The van der Waals surface area contributed by atoms with E-state index >= 15 is 0 Å². The fourth-order valence-electron chi connectivity index (χ4n) is 4.80. The second-order valence-electron chi connectivity index (χ2n) is 9.55. The van der Waals surface area contributed by atoms with Gasteiger partial charge in [0.05, 0.1) is 19.7 Å². The number of rotatable bonds is 9. The number of nitrogens with one attached hydrogen (secondary N) is 1. The molecule has 8 nitrogen and oxygen atoms in total. The first-order valence-electron chi connectivity index (χ1n) is 12.1. The number of carbonyl (C=O) groups is 1. The summed E-state index contributed by atoms with van der Waals surface area (Å²) in [6.07, 6.45) is 5.28. The van der Waals surface area contributed by atoms with Crippen LogP contribution in [0.15, 0.2) is 24.3 Å². The summed E-state index contributed by atoms with van der Waals surface area (Å²) in [4.78, 5) is 14.8. The van der Waals surface area contributed by atoms with Crippen molar-refractivity contribution in [3.05, 3.63) is 29.8 Å². The molecule has 1 aliphatic carbocycles. The smallest absolute Gasteiger partial charge is 0.282 e. The van der Waals surface area contributed by atoms with E-state index in [9.17, 15) is 13.2 Å². The Morgan fingerprint density at radius 1 is 1.09 bits per heavy atom.